The third-order valence-corrected chi connectivity index (χ3v) is 8.06. The monoisotopic (exact) mass is 495 g/mol. The minimum absolute atomic E-state index is 0.0178. The number of benzene rings is 1. The van der Waals surface area contributed by atoms with Crippen molar-refractivity contribution in [2.45, 2.75) is 25.3 Å². The van der Waals surface area contributed by atoms with Gasteiger partial charge in [0.25, 0.3) is 11.5 Å². The molecule has 3 aliphatic heterocycles. The van der Waals surface area contributed by atoms with Gasteiger partial charge in [-0.3, -0.25) is 19.3 Å². The molecule has 34 heavy (non-hydrogen) atoms. The van der Waals surface area contributed by atoms with Gasteiger partial charge >= 0.3 is 0 Å². The van der Waals surface area contributed by atoms with Crippen LogP contribution in [0.25, 0.3) is 6.08 Å². The van der Waals surface area contributed by atoms with E-state index in [-0.39, 0.29) is 42.2 Å². The van der Waals surface area contributed by atoms with Crippen LogP contribution >= 0.6 is 24.0 Å². The predicted octanol–water partition coefficient (Wildman–Crippen LogP) is 3.09. The highest BCUT2D eigenvalue weighted by Gasteiger charge is 2.37. The largest absolute Gasteiger partial charge is 0.496 e. The first-order chi connectivity index (χ1) is 16.4. The number of likely N-dealkylation sites (tertiary alicyclic amines) is 1. The van der Waals surface area contributed by atoms with Crippen LogP contribution < -0.4 is 10.3 Å². The maximum Gasteiger partial charge on any atom is 0.266 e. The second-order valence-electron chi connectivity index (χ2n) is 8.82. The number of methoxy groups -OCH3 is 1. The number of thiocarbonyl (C=S) groups is 1. The van der Waals surface area contributed by atoms with Crippen molar-refractivity contribution < 1.29 is 14.3 Å². The number of amides is 2. The van der Waals surface area contributed by atoms with Crippen LogP contribution in [0.1, 0.15) is 30.0 Å². The Morgan fingerprint density at radius 1 is 1.15 bits per heavy atom. The molecule has 0 aliphatic carbocycles. The van der Waals surface area contributed by atoms with Gasteiger partial charge in [-0.15, -0.1) is 0 Å². The lowest BCUT2D eigenvalue weighted by atomic mass is 9.83. The van der Waals surface area contributed by atoms with Crippen LogP contribution in [-0.4, -0.2) is 57.2 Å². The van der Waals surface area contributed by atoms with E-state index < -0.39 is 0 Å². The number of aromatic nitrogens is 1. The molecule has 0 radical (unpaired) electrons. The fourth-order valence-electron chi connectivity index (χ4n) is 5.09. The van der Waals surface area contributed by atoms with E-state index in [2.05, 4.69) is 0 Å². The van der Waals surface area contributed by atoms with E-state index in [1.807, 2.05) is 39.8 Å². The first kappa shape index (κ1) is 22.9. The first-order valence-electron chi connectivity index (χ1n) is 11.3. The zero-order chi connectivity index (χ0) is 23.8. The molecule has 0 spiro atoms. The van der Waals surface area contributed by atoms with E-state index in [9.17, 15) is 14.4 Å². The number of para-hydroxylation sites is 1. The highest BCUT2D eigenvalue weighted by molar-refractivity contribution is 8.26. The molecule has 9 heteroatoms. The number of carbonyl (C=O) groups excluding carboxylic acids is 2. The summed E-state index contributed by atoms with van der Waals surface area (Å²) in [5.74, 6) is 0.964. The van der Waals surface area contributed by atoms with Crippen molar-refractivity contribution in [3.8, 4) is 5.75 Å². The number of hydrogen-bond donors (Lipinski definition) is 0. The molecule has 0 saturated carbocycles. The Morgan fingerprint density at radius 3 is 2.79 bits per heavy atom. The normalized spacial score (nSPS) is 22.8. The molecule has 2 fully saturated rings. The SMILES string of the molecule is COc1ccccc1/C=C1/SC(=S)N(CCC(=O)N2C[C@@H]3C[C@H](C2)c2cccc(=O)n2C3)C1=O. The van der Waals surface area contributed by atoms with Crippen LogP contribution in [0, 0.1) is 5.92 Å². The van der Waals surface area contributed by atoms with Crippen LogP contribution in [0.5, 0.6) is 5.75 Å². The standard InChI is InChI=1S/C25H25N3O4S2/c1-32-20-7-3-2-5-17(20)12-21-24(31)27(25(33)34-21)10-9-22(29)26-13-16-11-18(15-26)19-6-4-8-23(30)28(19)14-16/h2-8,12,16,18H,9-11,13-15H2,1H3/b21-12+/t16-,18+/m0/s1. The Morgan fingerprint density at radius 2 is 1.97 bits per heavy atom. The quantitative estimate of drug-likeness (QED) is 0.469. The fraction of sp³-hybridized carbons (Fsp3) is 0.360. The summed E-state index contributed by atoms with van der Waals surface area (Å²) in [5.41, 5.74) is 1.85. The van der Waals surface area contributed by atoms with Crippen molar-refractivity contribution in [1.29, 1.82) is 0 Å². The van der Waals surface area contributed by atoms with Crippen molar-refractivity contribution in [3.63, 3.8) is 0 Å². The Labute approximate surface area is 207 Å². The molecule has 1 aromatic carbocycles. The molecule has 0 unspecified atom stereocenters. The van der Waals surface area contributed by atoms with Gasteiger partial charge in [-0.05, 0) is 30.5 Å². The van der Waals surface area contributed by atoms with Crippen molar-refractivity contribution in [2.75, 3.05) is 26.7 Å². The molecule has 2 bridgehead atoms. The molecule has 2 atom stereocenters. The van der Waals surface area contributed by atoms with Crippen LogP contribution in [0.15, 0.2) is 52.2 Å². The van der Waals surface area contributed by atoms with Gasteiger partial charge in [0.1, 0.15) is 10.1 Å². The van der Waals surface area contributed by atoms with Crippen molar-refractivity contribution in [1.82, 2.24) is 14.4 Å². The number of carbonyl (C=O) groups is 2. The summed E-state index contributed by atoms with van der Waals surface area (Å²) >= 11 is 6.69. The Kier molecular flexibility index (Phi) is 6.31. The van der Waals surface area contributed by atoms with Crippen LogP contribution in [0.4, 0.5) is 0 Å². The third kappa shape index (κ3) is 4.30. The molecule has 2 saturated heterocycles. The molecule has 4 heterocycles. The highest BCUT2D eigenvalue weighted by Crippen LogP contribution is 2.36. The van der Waals surface area contributed by atoms with E-state index in [4.69, 9.17) is 17.0 Å². The molecule has 2 aromatic rings. The fourth-order valence-corrected chi connectivity index (χ4v) is 6.38. The van der Waals surface area contributed by atoms with Gasteiger partial charge < -0.3 is 14.2 Å². The zero-order valence-corrected chi connectivity index (χ0v) is 20.4. The Balaban J connectivity index is 1.24. The van der Waals surface area contributed by atoms with E-state index in [1.165, 1.54) is 16.7 Å². The van der Waals surface area contributed by atoms with E-state index in [0.29, 0.717) is 34.6 Å². The topological polar surface area (TPSA) is 71.8 Å². The summed E-state index contributed by atoms with van der Waals surface area (Å²) in [6.45, 7) is 2.15. The van der Waals surface area contributed by atoms with Gasteiger partial charge in [-0.1, -0.05) is 48.2 Å². The van der Waals surface area contributed by atoms with Crippen LogP contribution in [-0.2, 0) is 16.1 Å². The lowest BCUT2D eigenvalue weighted by Gasteiger charge is -2.42. The average molecular weight is 496 g/mol. The van der Waals surface area contributed by atoms with Gasteiger partial charge in [0, 0.05) is 55.8 Å². The smallest absolute Gasteiger partial charge is 0.266 e. The lowest BCUT2D eigenvalue weighted by molar-refractivity contribution is -0.134. The highest BCUT2D eigenvalue weighted by atomic mass is 32.2. The van der Waals surface area contributed by atoms with Gasteiger partial charge in [0.15, 0.2) is 0 Å². The maximum atomic E-state index is 13.1. The molecular formula is C25H25N3O4S2. The number of piperidine rings is 1. The van der Waals surface area contributed by atoms with Crippen molar-refractivity contribution >= 4 is 46.2 Å². The van der Waals surface area contributed by atoms with Crippen LogP contribution in [0.3, 0.4) is 0 Å². The molecule has 3 aliphatic rings. The zero-order valence-electron chi connectivity index (χ0n) is 18.8. The van der Waals surface area contributed by atoms with Gasteiger partial charge in [-0.2, -0.15) is 0 Å². The number of pyridine rings is 1. The minimum atomic E-state index is -0.183. The van der Waals surface area contributed by atoms with Gasteiger partial charge in [0.05, 0.1) is 12.0 Å². The molecule has 7 nitrogen and oxygen atoms in total. The Bertz CT molecular complexity index is 1250. The van der Waals surface area contributed by atoms with E-state index in [1.54, 1.807) is 25.3 Å². The van der Waals surface area contributed by atoms with E-state index in [0.717, 1.165) is 17.7 Å². The second kappa shape index (κ2) is 9.38. The molecular weight excluding hydrogens is 470 g/mol. The molecule has 2 amide bonds. The average Bonchev–Trinajstić information content (AvgIpc) is 3.10. The number of fused-ring (bicyclic) bond motifs is 4. The van der Waals surface area contributed by atoms with Gasteiger partial charge in [-0.25, -0.2) is 0 Å². The van der Waals surface area contributed by atoms with Crippen LogP contribution in [0.2, 0.25) is 0 Å². The third-order valence-electron chi connectivity index (χ3n) is 6.68. The molecule has 0 N–H and O–H groups in total. The van der Waals surface area contributed by atoms with E-state index >= 15 is 0 Å². The number of ether oxygens (including phenoxy) is 1. The summed E-state index contributed by atoms with van der Waals surface area (Å²) in [6.07, 6.45) is 3.00. The maximum absolute atomic E-state index is 13.1. The number of thioether (sulfide) groups is 1. The Hall–Kier alpha value is -2.91. The van der Waals surface area contributed by atoms with Gasteiger partial charge in [0.2, 0.25) is 5.91 Å². The number of hydrogen-bond acceptors (Lipinski definition) is 6. The predicted molar refractivity (Wildman–Crippen MR) is 136 cm³/mol. The first-order valence-corrected chi connectivity index (χ1v) is 12.5. The molecule has 5 rings (SSSR count). The minimum Gasteiger partial charge on any atom is -0.496 e. The summed E-state index contributed by atoms with van der Waals surface area (Å²) in [5, 5.41) is 0. The van der Waals surface area contributed by atoms with Crippen molar-refractivity contribution in [3.05, 3.63) is 69.0 Å². The number of nitrogens with zero attached hydrogens (tertiary/aromatic N) is 3. The summed E-state index contributed by atoms with van der Waals surface area (Å²) in [7, 11) is 1.59. The lowest BCUT2D eigenvalue weighted by Crippen LogP contribution is -2.49. The second-order valence-corrected chi connectivity index (χ2v) is 10.5. The summed E-state index contributed by atoms with van der Waals surface area (Å²) in [4.78, 5) is 42.2. The molecule has 1 aromatic heterocycles. The molecule has 176 valence electrons. The van der Waals surface area contributed by atoms with Crippen molar-refractivity contribution in [2.24, 2.45) is 5.92 Å². The summed E-state index contributed by atoms with van der Waals surface area (Å²) in [6, 6.07) is 12.9. The summed E-state index contributed by atoms with van der Waals surface area (Å²) < 4.78 is 7.69. The number of rotatable bonds is 5.